The van der Waals surface area contributed by atoms with Gasteiger partial charge in [-0.2, -0.15) is 0 Å². The van der Waals surface area contributed by atoms with E-state index < -0.39 is 6.43 Å². The van der Waals surface area contributed by atoms with Crippen LogP contribution in [0.1, 0.15) is 11.5 Å². The van der Waals surface area contributed by atoms with Crippen LogP contribution in [0.5, 0.6) is 0 Å². The molecule has 0 spiro atoms. The number of nitrogens with zero attached hydrogens (tertiary/aromatic N) is 1. The van der Waals surface area contributed by atoms with Crippen LogP contribution in [0.4, 0.5) is 8.78 Å². The van der Waals surface area contributed by atoms with Crippen molar-refractivity contribution in [2.45, 2.75) is 19.5 Å². The van der Waals surface area contributed by atoms with Gasteiger partial charge in [0.2, 0.25) is 0 Å². The average molecular weight is 218 g/mol. The van der Waals surface area contributed by atoms with Gasteiger partial charge in [-0.3, -0.25) is 4.90 Å². The number of rotatable bonds is 6. The van der Waals surface area contributed by atoms with E-state index in [2.05, 4.69) is 5.32 Å². The van der Waals surface area contributed by atoms with Gasteiger partial charge in [-0.15, -0.1) is 0 Å². The molecule has 0 aliphatic rings. The van der Waals surface area contributed by atoms with Gasteiger partial charge in [0.1, 0.15) is 11.5 Å². The molecule has 1 aromatic rings. The Morgan fingerprint density at radius 2 is 2.07 bits per heavy atom. The molecule has 1 rings (SSSR count). The summed E-state index contributed by atoms with van der Waals surface area (Å²) in [6.07, 6.45) is -2.30. The van der Waals surface area contributed by atoms with E-state index in [9.17, 15) is 8.78 Å². The molecule has 3 nitrogen and oxygen atoms in total. The van der Waals surface area contributed by atoms with Crippen LogP contribution >= 0.6 is 0 Å². The Hall–Kier alpha value is -0.940. The highest BCUT2D eigenvalue weighted by atomic mass is 19.3. The van der Waals surface area contributed by atoms with Gasteiger partial charge in [0.15, 0.2) is 0 Å². The minimum atomic E-state index is -2.30. The van der Waals surface area contributed by atoms with Crippen molar-refractivity contribution in [3.8, 4) is 0 Å². The van der Waals surface area contributed by atoms with Gasteiger partial charge in [-0.1, -0.05) is 0 Å². The fourth-order valence-electron chi connectivity index (χ4n) is 1.34. The van der Waals surface area contributed by atoms with Crippen LogP contribution < -0.4 is 5.32 Å². The fraction of sp³-hybridized carbons (Fsp3) is 0.600. The minimum absolute atomic E-state index is 0.234. The Morgan fingerprint density at radius 3 is 2.67 bits per heavy atom. The maximum Gasteiger partial charge on any atom is 0.251 e. The summed E-state index contributed by atoms with van der Waals surface area (Å²) in [6, 6.07) is 3.66. The third-order valence-corrected chi connectivity index (χ3v) is 1.94. The fourth-order valence-corrected chi connectivity index (χ4v) is 1.34. The highest BCUT2D eigenvalue weighted by Crippen LogP contribution is 2.10. The molecule has 0 amide bonds. The van der Waals surface area contributed by atoms with Crippen molar-refractivity contribution < 1.29 is 13.2 Å². The lowest BCUT2D eigenvalue weighted by Gasteiger charge is -2.13. The normalized spacial score (nSPS) is 11.6. The van der Waals surface area contributed by atoms with Crippen LogP contribution in [0.15, 0.2) is 16.5 Å². The zero-order valence-corrected chi connectivity index (χ0v) is 8.96. The standard InChI is InChI=1S/C10H16F2N2O/c1-13-5-8-3-4-9(15-8)6-14(2)7-10(11)12/h3-4,10,13H,5-7H2,1-2H3. The molecule has 0 atom stereocenters. The van der Waals surface area contributed by atoms with E-state index in [0.29, 0.717) is 18.8 Å². The summed E-state index contributed by atoms with van der Waals surface area (Å²) in [5.74, 6) is 1.53. The van der Waals surface area contributed by atoms with E-state index in [4.69, 9.17) is 4.42 Å². The topological polar surface area (TPSA) is 28.4 Å². The molecule has 0 saturated heterocycles. The van der Waals surface area contributed by atoms with Gasteiger partial charge >= 0.3 is 0 Å². The minimum Gasteiger partial charge on any atom is -0.463 e. The monoisotopic (exact) mass is 218 g/mol. The average Bonchev–Trinajstić information content (AvgIpc) is 2.51. The molecule has 1 N–H and O–H groups in total. The van der Waals surface area contributed by atoms with Gasteiger partial charge in [-0.05, 0) is 26.2 Å². The van der Waals surface area contributed by atoms with Gasteiger partial charge in [0, 0.05) is 0 Å². The summed E-state index contributed by atoms with van der Waals surface area (Å²) in [6.45, 7) is 0.828. The molecule has 86 valence electrons. The first-order chi connectivity index (χ1) is 7.11. The Labute approximate surface area is 88.1 Å². The van der Waals surface area contributed by atoms with E-state index in [1.54, 1.807) is 7.05 Å². The zero-order chi connectivity index (χ0) is 11.3. The molecule has 0 unspecified atom stereocenters. The lowest BCUT2D eigenvalue weighted by molar-refractivity contribution is 0.0944. The lowest BCUT2D eigenvalue weighted by atomic mass is 10.4. The molecule has 0 aliphatic carbocycles. The summed E-state index contributed by atoms with van der Waals surface area (Å²) in [5.41, 5.74) is 0. The third-order valence-electron chi connectivity index (χ3n) is 1.94. The SMILES string of the molecule is CNCc1ccc(CN(C)CC(F)F)o1. The summed E-state index contributed by atoms with van der Waals surface area (Å²) in [4.78, 5) is 1.53. The molecule has 0 saturated carbocycles. The predicted octanol–water partition coefficient (Wildman–Crippen LogP) is 1.70. The number of hydrogen-bond acceptors (Lipinski definition) is 3. The molecule has 1 heterocycles. The molecule has 0 radical (unpaired) electrons. The number of halogens is 2. The Bertz CT molecular complexity index is 289. The van der Waals surface area contributed by atoms with Crippen molar-refractivity contribution in [2.24, 2.45) is 0 Å². The second-order valence-corrected chi connectivity index (χ2v) is 3.49. The van der Waals surface area contributed by atoms with Crippen molar-refractivity contribution in [3.63, 3.8) is 0 Å². The molecule has 0 fully saturated rings. The quantitative estimate of drug-likeness (QED) is 0.787. The summed E-state index contributed by atoms with van der Waals surface area (Å²) < 4.78 is 29.5. The Morgan fingerprint density at radius 1 is 1.40 bits per heavy atom. The van der Waals surface area contributed by atoms with Crippen molar-refractivity contribution in [3.05, 3.63) is 23.7 Å². The first-order valence-corrected chi connectivity index (χ1v) is 4.80. The maximum atomic E-state index is 12.0. The molecule has 1 aromatic heterocycles. The van der Waals surface area contributed by atoms with Crippen LogP contribution in [-0.2, 0) is 13.1 Å². The number of nitrogens with one attached hydrogen (secondary N) is 1. The van der Waals surface area contributed by atoms with Gasteiger partial charge in [0.25, 0.3) is 6.43 Å². The Kier molecular flexibility index (Phi) is 4.71. The molecule has 5 heteroatoms. The molecule has 0 bridgehead atoms. The molecular formula is C10H16F2N2O. The molecule has 0 aromatic carbocycles. The molecule has 0 aliphatic heterocycles. The van der Waals surface area contributed by atoms with Crippen LogP contribution in [0.3, 0.4) is 0 Å². The van der Waals surface area contributed by atoms with E-state index in [0.717, 1.165) is 5.76 Å². The number of furan rings is 1. The highest BCUT2D eigenvalue weighted by Gasteiger charge is 2.10. The summed E-state index contributed by atoms with van der Waals surface area (Å²) in [7, 11) is 3.47. The van der Waals surface area contributed by atoms with E-state index in [1.165, 1.54) is 4.90 Å². The van der Waals surface area contributed by atoms with Crippen molar-refractivity contribution in [2.75, 3.05) is 20.6 Å². The first-order valence-electron chi connectivity index (χ1n) is 4.80. The van der Waals surface area contributed by atoms with E-state index >= 15 is 0 Å². The highest BCUT2D eigenvalue weighted by molar-refractivity contribution is 5.06. The van der Waals surface area contributed by atoms with Crippen molar-refractivity contribution in [1.82, 2.24) is 10.2 Å². The van der Waals surface area contributed by atoms with Crippen LogP contribution in [-0.4, -0.2) is 32.0 Å². The van der Waals surface area contributed by atoms with Crippen molar-refractivity contribution in [1.29, 1.82) is 0 Å². The predicted molar refractivity (Wildman–Crippen MR) is 53.8 cm³/mol. The second kappa shape index (κ2) is 5.82. The first kappa shape index (κ1) is 12.1. The summed E-state index contributed by atoms with van der Waals surface area (Å²) in [5, 5.41) is 2.96. The second-order valence-electron chi connectivity index (χ2n) is 3.49. The molecular weight excluding hydrogens is 202 g/mol. The van der Waals surface area contributed by atoms with E-state index in [-0.39, 0.29) is 6.54 Å². The smallest absolute Gasteiger partial charge is 0.251 e. The third kappa shape index (κ3) is 4.40. The van der Waals surface area contributed by atoms with Crippen LogP contribution in [0.25, 0.3) is 0 Å². The van der Waals surface area contributed by atoms with Crippen LogP contribution in [0.2, 0.25) is 0 Å². The van der Waals surface area contributed by atoms with E-state index in [1.807, 2.05) is 19.2 Å². The van der Waals surface area contributed by atoms with Crippen molar-refractivity contribution >= 4 is 0 Å². The zero-order valence-electron chi connectivity index (χ0n) is 8.96. The van der Waals surface area contributed by atoms with Gasteiger partial charge in [-0.25, -0.2) is 8.78 Å². The van der Waals surface area contributed by atoms with Crippen LogP contribution in [0, 0.1) is 0 Å². The van der Waals surface area contributed by atoms with Gasteiger partial charge < -0.3 is 9.73 Å². The molecule has 15 heavy (non-hydrogen) atoms. The number of hydrogen-bond donors (Lipinski definition) is 1. The Balaban J connectivity index is 2.42. The number of alkyl halides is 2. The summed E-state index contributed by atoms with van der Waals surface area (Å²) >= 11 is 0. The maximum absolute atomic E-state index is 12.0. The largest absolute Gasteiger partial charge is 0.463 e. The van der Waals surface area contributed by atoms with Gasteiger partial charge in [0.05, 0.1) is 19.6 Å². The lowest BCUT2D eigenvalue weighted by Crippen LogP contribution is -2.23.